The zero-order valence-electron chi connectivity index (χ0n) is 10.3. The fourth-order valence-corrected chi connectivity index (χ4v) is 3.14. The van der Waals surface area contributed by atoms with Gasteiger partial charge in [0.25, 0.3) is 0 Å². The highest BCUT2D eigenvalue weighted by atomic mass is 32.1. The van der Waals surface area contributed by atoms with Gasteiger partial charge in [-0.05, 0) is 29.8 Å². The molecule has 0 saturated carbocycles. The van der Waals surface area contributed by atoms with E-state index in [1.54, 1.807) is 18.5 Å². The summed E-state index contributed by atoms with van der Waals surface area (Å²) in [7, 11) is 0. The monoisotopic (exact) mass is 283 g/mol. The van der Waals surface area contributed by atoms with Crippen molar-refractivity contribution in [3.05, 3.63) is 47.8 Å². The van der Waals surface area contributed by atoms with Crippen LogP contribution in [0.1, 0.15) is 23.5 Å². The normalized spacial score (nSPS) is 17.8. The van der Waals surface area contributed by atoms with Gasteiger partial charge in [0, 0.05) is 23.9 Å². The first-order valence-corrected chi connectivity index (χ1v) is 6.92. The van der Waals surface area contributed by atoms with Crippen LogP contribution < -0.4 is 4.74 Å². The molecule has 6 heteroatoms. The van der Waals surface area contributed by atoms with E-state index in [9.17, 15) is 4.79 Å². The summed E-state index contributed by atoms with van der Waals surface area (Å²) in [6.45, 7) is 0. The Labute approximate surface area is 118 Å². The number of esters is 1. The molecule has 0 radical (unpaired) electrons. The molecule has 1 aliphatic rings. The average molecular weight is 283 g/mol. The van der Waals surface area contributed by atoms with Gasteiger partial charge in [0.1, 0.15) is 16.8 Å². The van der Waals surface area contributed by atoms with Gasteiger partial charge in [0.05, 0.1) is 18.1 Å². The molecular weight excluding hydrogens is 274 g/mol. The molecule has 0 amide bonds. The molecule has 1 atom stereocenters. The van der Waals surface area contributed by atoms with Gasteiger partial charge >= 0.3 is 5.97 Å². The Morgan fingerprint density at radius 1 is 1.15 bits per heavy atom. The van der Waals surface area contributed by atoms with Crippen LogP contribution in [-0.4, -0.2) is 19.7 Å². The number of carbonyl (C=O) groups is 1. The number of nitrogens with zero attached hydrogens (tertiary/aromatic N) is 3. The Kier molecular flexibility index (Phi) is 2.50. The van der Waals surface area contributed by atoms with E-state index in [1.807, 2.05) is 18.2 Å². The van der Waals surface area contributed by atoms with Crippen molar-refractivity contribution in [2.75, 3.05) is 0 Å². The maximum atomic E-state index is 11.8. The highest BCUT2D eigenvalue weighted by molar-refractivity contribution is 7.00. The number of rotatable bonds is 1. The van der Waals surface area contributed by atoms with Crippen LogP contribution in [-0.2, 0) is 4.79 Å². The van der Waals surface area contributed by atoms with Gasteiger partial charge in [0.2, 0.25) is 0 Å². The van der Waals surface area contributed by atoms with Gasteiger partial charge < -0.3 is 4.74 Å². The van der Waals surface area contributed by atoms with Crippen LogP contribution in [0.5, 0.6) is 5.75 Å². The third-order valence-corrected chi connectivity index (χ3v) is 4.02. The second-order valence-electron chi connectivity index (χ2n) is 4.62. The summed E-state index contributed by atoms with van der Waals surface area (Å²) < 4.78 is 14.0. The predicted molar refractivity (Wildman–Crippen MR) is 73.7 cm³/mol. The van der Waals surface area contributed by atoms with E-state index in [0.29, 0.717) is 12.2 Å². The largest absolute Gasteiger partial charge is 0.426 e. The molecule has 3 aromatic rings. The molecule has 20 heavy (non-hydrogen) atoms. The van der Waals surface area contributed by atoms with E-state index in [-0.39, 0.29) is 11.9 Å². The quantitative estimate of drug-likeness (QED) is 0.507. The molecule has 3 heterocycles. The molecule has 5 nitrogen and oxygen atoms in total. The molecule has 0 bridgehead atoms. The number of benzene rings is 1. The lowest BCUT2D eigenvalue weighted by Crippen LogP contribution is -2.21. The summed E-state index contributed by atoms with van der Waals surface area (Å²) >= 11 is 1.17. The summed E-state index contributed by atoms with van der Waals surface area (Å²) in [5.74, 6) is 0.312. The van der Waals surface area contributed by atoms with E-state index >= 15 is 0 Å². The van der Waals surface area contributed by atoms with Crippen LogP contribution >= 0.6 is 11.7 Å². The zero-order chi connectivity index (χ0) is 13.5. The minimum atomic E-state index is -0.221. The lowest BCUT2D eigenvalue weighted by atomic mass is 9.86. The summed E-state index contributed by atoms with van der Waals surface area (Å²) in [5, 5.41) is 0. The zero-order valence-corrected chi connectivity index (χ0v) is 11.1. The number of hydrogen-bond donors (Lipinski definition) is 0. The molecule has 4 rings (SSSR count). The number of fused-ring (bicyclic) bond motifs is 3. The molecule has 0 aliphatic carbocycles. The smallest absolute Gasteiger partial charge is 0.312 e. The van der Waals surface area contributed by atoms with E-state index in [4.69, 9.17) is 4.74 Å². The van der Waals surface area contributed by atoms with E-state index in [0.717, 1.165) is 22.2 Å². The highest BCUT2D eigenvalue weighted by Gasteiger charge is 2.31. The summed E-state index contributed by atoms with van der Waals surface area (Å²) in [6, 6.07) is 7.47. The van der Waals surface area contributed by atoms with Crippen LogP contribution in [0.4, 0.5) is 0 Å². The second kappa shape index (κ2) is 4.35. The fourth-order valence-electron chi connectivity index (χ4n) is 2.59. The Balaban J connectivity index is 1.99. The number of hydrogen-bond acceptors (Lipinski definition) is 6. The van der Waals surface area contributed by atoms with Crippen molar-refractivity contribution in [3.63, 3.8) is 0 Å². The third-order valence-electron chi connectivity index (χ3n) is 3.48. The number of pyridine rings is 1. The molecule has 0 spiro atoms. The Hall–Kier alpha value is -2.34. The Morgan fingerprint density at radius 3 is 2.85 bits per heavy atom. The van der Waals surface area contributed by atoms with Crippen molar-refractivity contribution in [1.29, 1.82) is 0 Å². The minimum absolute atomic E-state index is 0.0538. The first-order chi connectivity index (χ1) is 9.83. The number of carbonyl (C=O) groups excluding carboxylic acids is 1. The fraction of sp³-hybridized carbons (Fsp3) is 0.143. The van der Waals surface area contributed by atoms with Crippen LogP contribution in [0, 0.1) is 0 Å². The van der Waals surface area contributed by atoms with Crippen LogP contribution in [0.2, 0.25) is 0 Å². The molecule has 1 aliphatic heterocycles. The van der Waals surface area contributed by atoms with Crippen LogP contribution in [0.3, 0.4) is 0 Å². The van der Waals surface area contributed by atoms with Gasteiger partial charge in [-0.25, -0.2) is 0 Å². The van der Waals surface area contributed by atoms with Gasteiger partial charge in [-0.2, -0.15) is 8.75 Å². The molecule has 0 N–H and O–H groups in total. The maximum absolute atomic E-state index is 11.8. The van der Waals surface area contributed by atoms with Gasteiger partial charge in [0.15, 0.2) is 0 Å². The molecule has 98 valence electrons. The van der Waals surface area contributed by atoms with E-state index < -0.39 is 0 Å². The van der Waals surface area contributed by atoms with Crippen LogP contribution in [0.15, 0.2) is 36.7 Å². The van der Waals surface area contributed by atoms with E-state index in [1.165, 1.54) is 11.7 Å². The molecule has 0 saturated heterocycles. The first-order valence-electron chi connectivity index (χ1n) is 6.18. The van der Waals surface area contributed by atoms with Crippen molar-refractivity contribution in [2.24, 2.45) is 0 Å². The molecule has 0 fully saturated rings. The Morgan fingerprint density at radius 2 is 2.00 bits per heavy atom. The topological polar surface area (TPSA) is 65.0 Å². The summed E-state index contributed by atoms with van der Waals surface area (Å²) in [6.07, 6.45) is 3.77. The summed E-state index contributed by atoms with van der Waals surface area (Å²) in [5.41, 5.74) is 3.65. The molecule has 1 aromatic carbocycles. The first kappa shape index (κ1) is 11.5. The van der Waals surface area contributed by atoms with Crippen molar-refractivity contribution in [3.8, 4) is 5.75 Å². The number of ether oxygens (including phenoxy) is 1. The molecule has 0 unspecified atom stereocenters. The minimum Gasteiger partial charge on any atom is -0.426 e. The van der Waals surface area contributed by atoms with Gasteiger partial charge in [-0.1, -0.05) is 0 Å². The van der Waals surface area contributed by atoms with E-state index in [2.05, 4.69) is 13.7 Å². The lowest BCUT2D eigenvalue weighted by molar-refractivity contribution is -0.135. The molecular formula is C14H9N3O2S. The second-order valence-corrected chi connectivity index (χ2v) is 5.15. The number of aromatic nitrogens is 3. The standard InChI is InChI=1S/C14H9N3O2S/c18-12-7-9(8-3-5-15-6-4-8)13-11(19-12)2-1-10-14(13)17-20-16-10/h1-6,9H,7H2/t9-/m0/s1. The van der Waals surface area contributed by atoms with Crippen molar-refractivity contribution < 1.29 is 9.53 Å². The van der Waals surface area contributed by atoms with Crippen molar-refractivity contribution in [1.82, 2.24) is 13.7 Å². The molecule has 2 aromatic heterocycles. The van der Waals surface area contributed by atoms with Crippen LogP contribution in [0.25, 0.3) is 11.0 Å². The SMILES string of the molecule is O=C1C[C@@H](c2ccncc2)c2c(ccc3nsnc23)O1. The highest BCUT2D eigenvalue weighted by Crippen LogP contribution is 2.42. The maximum Gasteiger partial charge on any atom is 0.312 e. The van der Waals surface area contributed by atoms with Crippen molar-refractivity contribution in [2.45, 2.75) is 12.3 Å². The lowest BCUT2D eigenvalue weighted by Gasteiger charge is -2.24. The third kappa shape index (κ3) is 1.69. The predicted octanol–water partition coefficient (Wildman–Crippen LogP) is 2.53. The van der Waals surface area contributed by atoms with Crippen molar-refractivity contribution >= 4 is 28.7 Å². The van der Waals surface area contributed by atoms with Gasteiger partial charge in [-0.15, -0.1) is 0 Å². The average Bonchev–Trinajstić information content (AvgIpc) is 2.95. The summed E-state index contributed by atoms with van der Waals surface area (Å²) in [4.78, 5) is 15.8. The van der Waals surface area contributed by atoms with Gasteiger partial charge in [-0.3, -0.25) is 9.78 Å². The Bertz CT molecular complexity index is 801.